The van der Waals surface area contributed by atoms with Crippen molar-refractivity contribution in [2.45, 2.75) is 18.9 Å². The average molecular weight is 365 g/mol. The lowest BCUT2D eigenvalue weighted by Gasteiger charge is -2.25. The van der Waals surface area contributed by atoms with Gasteiger partial charge in [0.15, 0.2) is 5.65 Å². The van der Waals surface area contributed by atoms with Crippen molar-refractivity contribution in [3.05, 3.63) is 65.0 Å². The normalized spacial score (nSPS) is 17.3. The van der Waals surface area contributed by atoms with Crippen LogP contribution in [0.15, 0.2) is 54.3 Å². The number of thiophene rings is 1. The molecule has 0 amide bonds. The van der Waals surface area contributed by atoms with E-state index < -0.39 is 0 Å². The molecule has 0 saturated carbocycles. The van der Waals surface area contributed by atoms with Gasteiger partial charge in [-0.1, -0.05) is 6.07 Å². The molecule has 1 atom stereocenters. The fourth-order valence-electron chi connectivity index (χ4n) is 3.63. The van der Waals surface area contributed by atoms with Gasteiger partial charge in [0.25, 0.3) is 0 Å². The fraction of sp³-hybridized carbons (Fsp3) is 0.211. The van der Waals surface area contributed by atoms with E-state index in [1.807, 2.05) is 0 Å². The van der Waals surface area contributed by atoms with Crippen LogP contribution < -0.4 is 4.90 Å². The SMILES string of the molecule is Fc1ccc(-n2ncc3c(N4CCC[C@H]4c4cccs4)ncnc32)cc1. The second-order valence-corrected chi connectivity index (χ2v) is 7.31. The van der Waals surface area contributed by atoms with Crippen molar-refractivity contribution in [1.29, 1.82) is 0 Å². The predicted octanol–water partition coefficient (Wildman–Crippen LogP) is 4.36. The van der Waals surface area contributed by atoms with Crippen molar-refractivity contribution in [1.82, 2.24) is 19.7 Å². The van der Waals surface area contributed by atoms with Crippen LogP contribution in [-0.4, -0.2) is 26.3 Å². The van der Waals surface area contributed by atoms with Gasteiger partial charge >= 0.3 is 0 Å². The molecule has 1 aliphatic rings. The minimum atomic E-state index is -0.267. The van der Waals surface area contributed by atoms with E-state index in [1.165, 1.54) is 17.0 Å². The molecule has 5 nitrogen and oxygen atoms in total. The number of rotatable bonds is 3. The molecule has 1 aliphatic heterocycles. The molecule has 3 aromatic heterocycles. The van der Waals surface area contributed by atoms with Gasteiger partial charge < -0.3 is 4.90 Å². The first kappa shape index (κ1) is 15.5. The van der Waals surface area contributed by atoms with E-state index in [1.54, 1.807) is 40.7 Å². The second-order valence-electron chi connectivity index (χ2n) is 6.33. The Balaban J connectivity index is 1.60. The Morgan fingerprint density at radius 3 is 2.81 bits per heavy atom. The maximum absolute atomic E-state index is 13.2. The summed E-state index contributed by atoms with van der Waals surface area (Å²) in [5.74, 6) is 0.649. The molecule has 26 heavy (non-hydrogen) atoms. The van der Waals surface area contributed by atoms with E-state index in [0.717, 1.165) is 41.9 Å². The van der Waals surface area contributed by atoms with Gasteiger partial charge in [-0.3, -0.25) is 0 Å². The van der Waals surface area contributed by atoms with E-state index in [4.69, 9.17) is 0 Å². The highest BCUT2D eigenvalue weighted by Crippen LogP contribution is 2.39. The Hall–Kier alpha value is -2.80. The van der Waals surface area contributed by atoms with E-state index in [2.05, 4.69) is 37.5 Å². The molecule has 1 fully saturated rings. The molecule has 4 aromatic rings. The largest absolute Gasteiger partial charge is 0.348 e. The number of halogens is 1. The minimum Gasteiger partial charge on any atom is -0.348 e. The second kappa shape index (κ2) is 6.17. The summed E-state index contributed by atoms with van der Waals surface area (Å²) in [5.41, 5.74) is 1.51. The predicted molar refractivity (Wildman–Crippen MR) is 100 cm³/mol. The minimum absolute atomic E-state index is 0.267. The maximum Gasteiger partial charge on any atom is 0.168 e. The molecule has 5 rings (SSSR count). The van der Waals surface area contributed by atoms with Crippen LogP contribution in [0.4, 0.5) is 10.2 Å². The zero-order valence-corrected chi connectivity index (χ0v) is 14.7. The third-order valence-electron chi connectivity index (χ3n) is 4.81. The Bertz CT molecular complexity index is 1040. The van der Waals surface area contributed by atoms with Crippen LogP contribution >= 0.6 is 11.3 Å². The van der Waals surface area contributed by atoms with Crippen LogP contribution in [0.3, 0.4) is 0 Å². The molecule has 0 N–H and O–H groups in total. The lowest BCUT2D eigenvalue weighted by Crippen LogP contribution is -2.23. The molecule has 1 aromatic carbocycles. The van der Waals surface area contributed by atoms with Gasteiger partial charge in [0.05, 0.1) is 23.3 Å². The Labute approximate surface area is 153 Å². The Morgan fingerprint density at radius 2 is 2.00 bits per heavy atom. The summed E-state index contributed by atoms with van der Waals surface area (Å²) in [7, 11) is 0. The van der Waals surface area contributed by atoms with Gasteiger partial charge in [-0.25, -0.2) is 19.0 Å². The van der Waals surface area contributed by atoms with Gasteiger partial charge in [-0.15, -0.1) is 11.3 Å². The van der Waals surface area contributed by atoms with Crippen LogP contribution in [0.1, 0.15) is 23.8 Å². The summed E-state index contributed by atoms with van der Waals surface area (Å²) in [4.78, 5) is 12.7. The summed E-state index contributed by atoms with van der Waals surface area (Å²) in [6, 6.07) is 10.9. The third kappa shape index (κ3) is 2.47. The molecule has 0 aliphatic carbocycles. The number of anilines is 1. The monoisotopic (exact) mass is 365 g/mol. The first-order valence-corrected chi connectivity index (χ1v) is 9.44. The van der Waals surface area contributed by atoms with E-state index >= 15 is 0 Å². The molecule has 1 saturated heterocycles. The van der Waals surface area contributed by atoms with Gasteiger partial charge in [-0.2, -0.15) is 5.10 Å². The highest BCUT2D eigenvalue weighted by molar-refractivity contribution is 7.10. The van der Waals surface area contributed by atoms with Crippen molar-refractivity contribution in [3.8, 4) is 5.69 Å². The molecule has 0 radical (unpaired) electrons. The van der Waals surface area contributed by atoms with Crippen molar-refractivity contribution >= 4 is 28.2 Å². The first-order chi connectivity index (χ1) is 12.8. The number of nitrogens with zero attached hydrogens (tertiary/aromatic N) is 5. The van der Waals surface area contributed by atoms with E-state index in [9.17, 15) is 4.39 Å². The highest BCUT2D eigenvalue weighted by atomic mass is 32.1. The summed E-state index contributed by atoms with van der Waals surface area (Å²) < 4.78 is 15.0. The Morgan fingerprint density at radius 1 is 1.12 bits per heavy atom. The van der Waals surface area contributed by atoms with Crippen LogP contribution in [0.25, 0.3) is 16.7 Å². The van der Waals surface area contributed by atoms with Crippen LogP contribution in [-0.2, 0) is 0 Å². The quantitative estimate of drug-likeness (QED) is 0.541. The van der Waals surface area contributed by atoms with Gasteiger partial charge in [0.1, 0.15) is 18.0 Å². The molecule has 0 unspecified atom stereocenters. The highest BCUT2D eigenvalue weighted by Gasteiger charge is 2.29. The van der Waals surface area contributed by atoms with Crippen molar-refractivity contribution in [2.75, 3.05) is 11.4 Å². The zero-order valence-electron chi connectivity index (χ0n) is 13.9. The maximum atomic E-state index is 13.2. The van der Waals surface area contributed by atoms with Crippen molar-refractivity contribution < 1.29 is 4.39 Å². The molecule has 7 heteroatoms. The van der Waals surface area contributed by atoms with Crippen LogP contribution in [0.2, 0.25) is 0 Å². The van der Waals surface area contributed by atoms with Gasteiger partial charge in [0, 0.05) is 11.4 Å². The smallest absolute Gasteiger partial charge is 0.168 e. The number of fused-ring (bicyclic) bond motifs is 1. The molecule has 0 spiro atoms. The number of aromatic nitrogens is 4. The number of hydrogen-bond acceptors (Lipinski definition) is 5. The summed E-state index contributed by atoms with van der Waals surface area (Å²) >= 11 is 1.79. The van der Waals surface area contributed by atoms with Gasteiger partial charge in [-0.05, 0) is 48.6 Å². The van der Waals surface area contributed by atoms with E-state index in [-0.39, 0.29) is 5.82 Å². The first-order valence-electron chi connectivity index (χ1n) is 8.56. The standard InChI is InChI=1S/C19H16FN5S/c20-13-5-7-14(8-6-13)25-19-15(11-23-25)18(21-12-22-19)24-9-1-3-16(24)17-4-2-10-26-17/h2,4-8,10-12,16H,1,3,9H2/t16-/m0/s1. The zero-order chi connectivity index (χ0) is 17.5. The van der Waals surface area contributed by atoms with Crippen molar-refractivity contribution in [3.63, 3.8) is 0 Å². The molecule has 130 valence electrons. The number of benzene rings is 1. The molecular weight excluding hydrogens is 349 g/mol. The van der Waals surface area contributed by atoms with Gasteiger partial charge in [0.2, 0.25) is 0 Å². The molecule has 4 heterocycles. The molecule has 0 bridgehead atoms. The topological polar surface area (TPSA) is 46.8 Å². The summed E-state index contributed by atoms with van der Waals surface area (Å²) in [6.07, 6.45) is 5.65. The fourth-order valence-corrected chi connectivity index (χ4v) is 4.50. The Kier molecular flexibility index (Phi) is 3.67. The molecular formula is C19H16FN5S. The third-order valence-corrected chi connectivity index (χ3v) is 5.79. The number of hydrogen-bond donors (Lipinski definition) is 0. The summed E-state index contributed by atoms with van der Waals surface area (Å²) in [6.45, 7) is 0.969. The lowest BCUT2D eigenvalue weighted by atomic mass is 10.2. The van der Waals surface area contributed by atoms with Crippen LogP contribution in [0, 0.1) is 5.82 Å². The lowest BCUT2D eigenvalue weighted by molar-refractivity contribution is 0.627. The van der Waals surface area contributed by atoms with Crippen molar-refractivity contribution in [2.24, 2.45) is 0 Å². The van der Waals surface area contributed by atoms with Crippen LogP contribution in [0.5, 0.6) is 0 Å². The average Bonchev–Trinajstić information content (AvgIpc) is 3.41. The van der Waals surface area contributed by atoms with E-state index in [0.29, 0.717) is 6.04 Å². The summed E-state index contributed by atoms with van der Waals surface area (Å²) in [5, 5.41) is 7.52.